The van der Waals surface area contributed by atoms with E-state index in [1.165, 1.54) is 19.2 Å². The summed E-state index contributed by atoms with van der Waals surface area (Å²) < 4.78 is 21.7. The zero-order valence-electron chi connectivity index (χ0n) is 17.5. The number of hydrogen-bond acceptors (Lipinski definition) is 7. The lowest BCUT2D eigenvalue weighted by Crippen LogP contribution is -2.31. The second-order valence-corrected chi connectivity index (χ2v) is 8.99. The number of ether oxygens (including phenoxy) is 1. The number of imidazole rings is 1. The van der Waals surface area contributed by atoms with Crippen LogP contribution in [0, 0.1) is 5.92 Å². The van der Waals surface area contributed by atoms with E-state index in [0.717, 1.165) is 32.1 Å². The van der Waals surface area contributed by atoms with Gasteiger partial charge in [0.2, 0.25) is 0 Å². The first kappa shape index (κ1) is 20.8. The molecule has 1 aliphatic heterocycles. The highest BCUT2D eigenvalue weighted by atomic mass is 19.1. The summed E-state index contributed by atoms with van der Waals surface area (Å²) in [4.78, 5) is 13.1. The topological polar surface area (TPSA) is 105 Å². The molecule has 1 saturated heterocycles. The summed E-state index contributed by atoms with van der Waals surface area (Å²) in [6.07, 6.45) is 9.77. The van der Waals surface area contributed by atoms with E-state index >= 15 is 0 Å². The number of anilines is 1. The quantitative estimate of drug-likeness (QED) is 0.625. The van der Waals surface area contributed by atoms with E-state index in [4.69, 9.17) is 4.74 Å². The fourth-order valence-corrected chi connectivity index (χ4v) is 5.06. The van der Waals surface area contributed by atoms with Gasteiger partial charge < -0.3 is 20.3 Å². The van der Waals surface area contributed by atoms with Gasteiger partial charge in [-0.3, -0.25) is 4.57 Å². The fourth-order valence-electron chi connectivity index (χ4n) is 5.06. The summed E-state index contributed by atoms with van der Waals surface area (Å²) in [5, 5.41) is 24.6. The van der Waals surface area contributed by atoms with Crippen molar-refractivity contribution in [3.63, 3.8) is 0 Å². The third-order valence-corrected chi connectivity index (χ3v) is 6.88. The molecule has 8 nitrogen and oxygen atoms in total. The lowest BCUT2D eigenvalue weighted by molar-refractivity contribution is -0.0246. The summed E-state index contributed by atoms with van der Waals surface area (Å²) in [6.45, 7) is 0. The van der Waals surface area contributed by atoms with Crippen LogP contribution in [0.2, 0.25) is 0 Å². The molecule has 0 spiro atoms. The Hall–Kier alpha value is -2.10. The van der Waals surface area contributed by atoms with Crippen molar-refractivity contribution in [3.05, 3.63) is 24.8 Å². The van der Waals surface area contributed by atoms with Crippen molar-refractivity contribution in [2.75, 3.05) is 5.32 Å². The van der Waals surface area contributed by atoms with Gasteiger partial charge in [-0.1, -0.05) is 37.8 Å². The maximum atomic E-state index is 14.1. The van der Waals surface area contributed by atoms with Gasteiger partial charge in [-0.2, -0.15) is 0 Å². The lowest BCUT2D eigenvalue weighted by Gasteiger charge is -2.23. The molecule has 9 heteroatoms. The maximum absolute atomic E-state index is 14.1. The minimum Gasteiger partial charge on any atom is -0.387 e. The molecule has 31 heavy (non-hydrogen) atoms. The molecule has 0 amide bonds. The maximum Gasteiger partial charge on any atom is 0.167 e. The van der Waals surface area contributed by atoms with E-state index in [1.54, 1.807) is 23.0 Å². The van der Waals surface area contributed by atoms with Crippen LogP contribution in [0.25, 0.3) is 11.2 Å². The molecule has 0 aromatic carbocycles. The number of halogens is 1. The molecular weight excluding hydrogens is 401 g/mol. The lowest BCUT2D eigenvalue weighted by atomic mass is 9.87. The van der Waals surface area contributed by atoms with E-state index in [1.807, 2.05) is 0 Å². The van der Waals surface area contributed by atoms with Gasteiger partial charge in [-0.05, 0) is 25.7 Å². The number of fused-ring (bicyclic) bond motifs is 1. The Morgan fingerprint density at radius 2 is 1.77 bits per heavy atom. The average molecular weight is 432 g/mol. The molecule has 5 rings (SSSR count). The van der Waals surface area contributed by atoms with Crippen molar-refractivity contribution < 1.29 is 19.3 Å². The predicted octanol–water partition coefficient (Wildman–Crippen LogP) is 2.88. The molecule has 2 unspecified atom stereocenters. The molecule has 3 fully saturated rings. The van der Waals surface area contributed by atoms with Gasteiger partial charge in [-0.15, -0.1) is 0 Å². The molecule has 3 heterocycles. The summed E-state index contributed by atoms with van der Waals surface area (Å²) in [5.74, 6) is 0.512. The first-order valence-corrected chi connectivity index (χ1v) is 11.4. The molecule has 6 atom stereocenters. The number of nitrogens with one attached hydrogen (secondary N) is 1. The van der Waals surface area contributed by atoms with Crippen molar-refractivity contribution in [2.45, 2.75) is 88.1 Å². The third kappa shape index (κ3) is 4.06. The van der Waals surface area contributed by atoms with E-state index < -0.39 is 30.7 Å². The SMILES string of the molecule is O[C@@H]1[C@H](O)[C@@H](C=CC2CCCCC2F)O[C@H]1n1cnc2c(NC3CCCC3)ncnc21. The second-order valence-electron chi connectivity index (χ2n) is 8.99. The van der Waals surface area contributed by atoms with Crippen LogP contribution in [0.1, 0.15) is 57.6 Å². The van der Waals surface area contributed by atoms with Gasteiger partial charge in [0.15, 0.2) is 23.2 Å². The highest BCUT2D eigenvalue weighted by Crippen LogP contribution is 2.34. The zero-order chi connectivity index (χ0) is 21.4. The van der Waals surface area contributed by atoms with Gasteiger partial charge in [-0.25, -0.2) is 19.3 Å². The van der Waals surface area contributed by atoms with Crippen LogP contribution in [0.3, 0.4) is 0 Å². The first-order valence-electron chi connectivity index (χ1n) is 11.4. The zero-order valence-corrected chi connectivity index (χ0v) is 17.5. The Bertz CT molecular complexity index is 931. The molecular formula is C22H30FN5O3. The van der Waals surface area contributed by atoms with Crippen molar-refractivity contribution in [1.29, 1.82) is 0 Å². The van der Waals surface area contributed by atoms with Gasteiger partial charge in [0.05, 0.1) is 6.33 Å². The Morgan fingerprint density at radius 3 is 2.58 bits per heavy atom. The van der Waals surface area contributed by atoms with E-state index in [-0.39, 0.29) is 5.92 Å². The molecule has 2 aromatic heterocycles. The Balaban J connectivity index is 1.35. The monoisotopic (exact) mass is 431 g/mol. The number of nitrogens with zero attached hydrogens (tertiary/aromatic N) is 4. The number of aliphatic hydroxyl groups excluding tert-OH is 2. The third-order valence-electron chi connectivity index (χ3n) is 6.88. The second kappa shape index (κ2) is 8.80. The number of allylic oxidation sites excluding steroid dienone is 1. The van der Waals surface area contributed by atoms with Gasteiger partial charge >= 0.3 is 0 Å². The summed E-state index contributed by atoms with van der Waals surface area (Å²) >= 11 is 0. The highest BCUT2D eigenvalue weighted by Gasteiger charge is 2.43. The van der Waals surface area contributed by atoms with Crippen molar-refractivity contribution in [1.82, 2.24) is 19.5 Å². The molecule has 2 aliphatic carbocycles. The fraction of sp³-hybridized carbons (Fsp3) is 0.682. The van der Waals surface area contributed by atoms with E-state index in [2.05, 4.69) is 20.3 Å². The van der Waals surface area contributed by atoms with Crippen LogP contribution < -0.4 is 5.32 Å². The molecule has 2 saturated carbocycles. The molecule has 0 radical (unpaired) electrons. The van der Waals surface area contributed by atoms with E-state index in [0.29, 0.717) is 29.4 Å². The average Bonchev–Trinajstić information content (AvgIpc) is 3.50. The summed E-state index contributed by atoms with van der Waals surface area (Å²) in [7, 11) is 0. The number of rotatable bonds is 5. The molecule has 3 N–H and O–H groups in total. The number of hydrogen-bond donors (Lipinski definition) is 3. The van der Waals surface area contributed by atoms with Crippen molar-refractivity contribution >= 4 is 17.0 Å². The van der Waals surface area contributed by atoms with Crippen LogP contribution in [-0.2, 0) is 4.74 Å². The minimum absolute atomic E-state index is 0.160. The largest absolute Gasteiger partial charge is 0.387 e. The van der Waals surface area contributed by atoms with Crippen LogP contribution in [0.5, 0.6) is 0 Å². The van der Waals surface area contributed by atoms with Gasteiger partial charge in [0.25, 0.3) is 0 Å². The molecule has 3 aliphatic rings. The van der Waals surface area contributed by atoms with Gasteiger partial charge in [0, 0.05) is 12.0 Å². The van der Waals surface area contributed by atoms with Crippen molar-refractivity contribution in [3.8, 4) is 0 Å². The standard InChI is InChI=1S/C22H30FN5O3/c23-15-8-4-1-5-13(15)9-10-16-18(29)19(30)22(31-16)28-12-26-17-20(24-11-25-21(17)28)27-14-6-2-3-7-14/h9-16,18-19,22,29-30H,1-8H2,(H,24,25,27)/t13?,15?,16-,18-,19-,22-/m1/s1. The van der Waals surface area contributed by atoms with E-state index in [9.17, 15) is 14.6 Å². The molecule has 0 bridgehead atoms. The molecule has 168 valence electrons. The summed E-state index contributed by atoms with van der Waals surface area (Å²) in [6, 6.07) is 0.382. The summed E-state index contributed by atoms with van der Waals surface area (Å²) in [5.41, 5.74) is 1.15. The Kier molecular flexibility index (Phi) is 5.90. The first-order chi connectivity index (χ1) is 15.1. The normalized spacial score (nSPS) is 34.8. The number of aliphatic hydroxyl groups is 2. The minimum atomic E-state index is -1.15. The van der Waals surface area contributed by atoms with Crippen LogP contribution in [0.4, 0.5) is 10.2 Å². The highest BCUT2D eigenvalue weighted by molar-refractivity contribution is 5.82. The van der Waals surface area contributed by atoms with Crippen molar-refractivity contribution in [2.24, 2.45) is 5.92 Å². The molecule has 2 aromatic rings. The number of alkyl halides is 1. The smallest absolute Gasteiger partial charge is 0.167 e. The van der Waals surface area contributed by atoms with Crippen LogP contribution >= 0.6 is 0 Å². The number of aromatic nitrogens is 4. The van der Waals surface area contributed by atoms with Crippen LogP contribution in [-0.4, -0.2) is 60.3 Å². The Morgan fingerprint density at radius 1 is 1.00 bits per heavy atom. The van der Waals surface area contributed by atoms with Crippen LogP contribution in [0.15, 0.2) is 24.8 Å². The predicted molar refractivity (Wildman–Crippen MR) is 113 cm³/mol. The van der Waals surface area contributed by atoms with Gasteiger partial charge in [0.1, 0.15) is 30.8 Å². The Labute approximate surface area is 180 Å².